The molecule has 1 aromatic heterocycles. The number of hydrogen-bond donors (Lipinski definition) is 2. The van der Waals surface area contributed by atoms with Crippen molar-refractivity contribution in [2.75, 3.05) is 25.5 Å². The largest absolute Gasteiger partial charge is 0.353 e. The molecule has 3 rings (SSSR count). The molecule has 1 aliphatic rings. The fourth-order valence-electron chi connectivity index (χ4n) is 3.41. The van der Waals surface area contributed by atoms with E-state index in [1.807, 2.05) is 7.05 Å². The van der Waals surface area contributed by atoms with Gasteiger partial charge in [-0.05, 0) is 62.8 Å². The summed E-state index contributed by atoms with van der Waals surface area (Å²) in [5.41, 5.74) is -0.269. The van der Waals surface area contributed by atoms with Crippen LogP contribution in [-0.2, 0) is 11.3 Å². The summed E-state index contributed by atoms with van der Waals surface area (Å²) < 4.78 is 14.2. The van der Waals surface area contributed by atoms with Gasteiger partial charge in [0.05, 0.1) is 0 Å². The molecule has 0 bridgehead atoms. The molecule has 1 saturated heterocycles. The minimum Gasteiger partial charge on any atom is -0.353 e. The number of carbonyl (C=O) groups excluding carboxylic acids is 2. The summed E-state index contributed by atoms with van der Waals surface area (Å²) >= 11 is 0. The van der Waals surface area contributed by atoms with Gasteiger partial charge in [-0.2, -0.15) is 0 Å². The maximum atomic E-state index is 13.0. The summed E-state index contributed by atoms with van der Waals surface area (Å²) in [6.07, 6.45) is 4.83. The topological polar surface area (TPSA) is 83.4 Å². The van der Waals surface area contributed by atoms with Crippen LogP contribution in [0.3, 0.4) is 0 Å². The van der Waals surface area contributed by atoms with Crippen molar-refractivity contribution in [2.45, 2.75) is 31.8 Å². The lowest BCUT2D eigenvalue weighted by molar-refractivity contribution is -0.122. The Labute approximate surface area is 168 Å². The van der Waals surface area contributed by atoms with Gasteiger partial charge in [-0.25, -0.2) is 4.39 Å². The maximum absolute atomic E-state index is 13.0. The molecule has 8 heteroatoms. The first-order chi connectivity index (χ1) is 13.9. The van der Waals surface area contributed by atoms with Crippen molar-refractivity contribution in [1.29, 1.82) is 0 Å². The lowest BCUT2D eigenvalue weighted by atomic mass is 10.0. The Morgan fingerprint density at radius 2 is 1.93 bits per heavy atom. The molecule has 1 atom stereocenters. The lowest BCUT2D eigenvalue weighted by Gasteiger charge is -2.32. The van der Waals surface area contributed by atoms with Gasteiger partial charge in [0.25, 0.3) is 11.5 Å². The van der Waals surface area contributed by atoms with Crippen LogP contribution in [0.25, 0.3) is 0 Å². The third kappa shape index (κ3) is 5.51. The summed E-state index contributed by atoms with van der Waals surface area (Å²) in [7, 11) is 2.05. The summed E-state index contributed by atoms with van der Waals surface area (Å²) in [4.78, 5) is 39.5. The van der Waals surface area contributed by atoms with Crippen molar-refractivity contribution in [1.82, 2.24) is 14.8 Å². The monoisotopic (exact) mass is 400 g/mol. The first-order valence-electron chi connectivity index (χ1n) is 9.67. The molecule has 0 spiro atoms. The van der Waals surface area contributed by atoms with Crippen LogP contribution in [0.1, 0.15) is 29.6 Å². The van der Waals surface area contributed by atoms with Crippen molar-refractivity contribution < 1.29 is 14.0 Å². The molecule has 29 heavy (non-hydrogen) atoms. The summed E-state index contributed by atoms with van der Waals surface area (Å²) in [5.74, 6) is -1.31. The van der Waals surface area contributed by atoms with E-state index in [9.17, 15) is 18.8 Å². The van der Waals surface area contributed by atoms with Gasteiger partial charge in [-0.1, -0.05) is 6.42 Å². The van der Waals surface area contributed by atoms with Gasteiger partial charge < -0.3 is 20.1 Å². The molecule has 7 nitrogen and oxygen atoms in total. The minimum absolute atomic E-state index is 0.0864. The van der Waals surface area contributed by atoms with Crippen LogP contribution in [0, 0.1) is 5.82 Å². The van der Waals surface area contributed by atoms with E-state index in [4.69, 9.17) is 0 Å². The number of benzene rings is 1. The maximum Gasteiger partial charge on any atom is 0.263 e. The highest BCUT2D eigenvalue weighted by molar-refractivity contribution is 6.04. The number of hydrogen-bond acceptors (Lipinski definition) is 4. The van der Waals surface area contributed by atoms with Gasteiger partial charge >= 0.3 is 0 Å². The zero-order valence-corrected chi connectivity index (χ0v) is 16.4. The second-order valence-electron chi connectivity index (χ2n) is 7.25. The first-order valence-corrected chi connectivity index (χ1v) is 9.67. The van der Waals surface area contributed by atoms with Gasteiger partial charge in [-0.15, -0.1) is 0 Å². The van der Waals surface area contributed by atoms with E-state index >= 15 is 0 Å². The van der Waals surface area contributed by atoms with Crippen molar-refractivity contribution >= 4 is 17.5 Å². The number of carbonyl (C=O) groups is 2. The molecule has 154 valence electrons. The minimum atomic E-state index is -0.611. The standard InChI is InChI=1S/C21H25FN4O3/c1-25-11-3-2-5-17(25)13-23-19(27)14-26-12-4-6-18(21(26)29)20(28)24-16-9-7-15(22)8-10-16/h4,6-10,12,17H,2-3,5,11,13-14H2,1H3,(H,23,27)(H,24,28)/t17-/m1/s1. The molecule has 2 N–H and O–H groups in total. The zero-order valence-electron chi connectivity index (χ0n) is 16.4. The number of likely N-dealkylation sites (tertiary alicyclic amines) is 1. The number of amides is 2. The molecule has 1 fully saturated rings. The van der Waals surface area contributed by atoms with Crippen molar-refractivity contribution in [3.8, 4) is 0 Å². The van der Waals surface area contributed by atoms with Gasteiger partial charge in [-0.3, -0.25) is 14.4 Å². The van der Waals surface area contributed by atoms with Gasteiger partial charge in [0.15, 0.2) is 0 Å². The molecule has 0 radical (unpaired) electrons. The van der Waals surface area contributed by atoms with E-state index in [1.165, 1.54) is 47.5 Å². The fraction of sp³-hybridized carbons (Fsp3) is 0.381. The molecule has 2 amide bonds. The molecule has 2 aromatic rings. The molecular formula is C21H25FN4O3. The zero-order chi connectivity index (χ0) is 20.8. The average molecular weight is 400 g/mol. The highest BCUT2D eigenvalue weighted by atomic mass is 19.1. The molecular weight excluding hydrogens is 375 g/mol. The number of halogens is 1. The van der Waals surface area contributed by atoms with E-state index in [2.05, 4.69) is 15.5 Å². The second-order valence-corrected chi connectivity index (χ2v) is 7.25. The third-order valence-corrected chi connectivity index (χ3v) is 5.14. The van der Waals surface area contributed by atoms with E-state index in [1.54, 1.807) is 6.07 Å². The van der Waals surface area contributed by atoms with E-state index in [0.717, 1.165) is 19.4 Å². The SMILES string of the molecule is CN1CCCC[C@@H]1CNC(=O)Cn1cccc(C(=O)Nc2ccc(F)cc2)c1=O. The Bertz CT molecular complexity index is 926. The molecule has 1 aromatic carbocycles. The van der Waals surface area contributed by atoms with Crippen LogP contribution in [0.15, 0.2) is 47.4 Å². The predicted molar refractivity (Wildman–Crippen MR) is 108 cm³/mol. The first kappa shape index (κ1) is 20.7. The van der Waals surface area contributed by atoms with Crippen LogP contribution in [0.2, 0.25) is 0 Å². The van der Waals surface area contributed by atoms with Crippen LogP contribution < -0.4 is 16.2 Å². The molecule has 2 heterocycles. The van der Waals surface area contributed by atoms with Crippen LogP contribution >= 0.6 is 0 Å². The van der Waals surface area contributed by atoms with Crippen molar-refractivity contribution in [2.24, 2.45) is 0 Å². The highest BCUT2D eigenvalue weighted by Crippen LogP contribution is 2.14. The summed E-state index contributed by atoms with van der Waals surface area (Å²) in [5, 5.41) is 5.43. The van der Waals surface area contributed by atoms with Gasteiger partial charge in [0, 0.05) is 24.5 Å². The van der Waals surface area contributed by atoms with E-state index in [-0.39, 0.29) is 18.0 Å². The number of pyridine rings is 1. The van der Waals surface area contributed by atoms with Crippen LogP contribution in [0.5, 0.6) is 0 Å². The summed E-state index contributed by atoms with van der Waals surface area (Å²) in [6.45, 7) is 1.40. The quantitative estimate of drug-likeness (QED) is 0.775. The molecule has 0 saturated carbocycles. The van der Waals surface area contributed by atoms with Crippen molar-refractivity contribution in [3.63, 3.8) is 0 Å². The van der Waals surface area contributed by atoms with Crippen LogP contribution in [0.4, 0.5) is 10.1 Å². The fourth-order valence-corrected chi connectivity index (χ4v) is 3.41. The Kier molecular flexibility index (Phi) is 6.77. The number of anilines is 1. The number of piperidine rings is 1. The second kappa shape index (κ2) is 9.47. The van der Waals surface area contributed by atoms with E-state index < -0.39 is 17.3 Å². The highest BCUT2D eigenvalue weighted by Gasteiger charge is 2.20. The Balaban J connectivity index is 1.61. The van der Waals surface area contributed by atoms with E-state index in [0.29, 0.717) is 18.3 Å². The smallest absolute Gasteiger partial charge is 0.263 e. The molecule has 0 aliphatic carbocycles. The van der Waals surface area contributed by atoms with Gasteiger partial charge in [0.2, 0.25) is 5.91 Å². The third-order valence-electron chi connectivity index (χ3n) is 5.14. The van der Waals surface area contributed by atoms with Crippen LogP contribution in [-0.4, -0.2) is 47.5 Å². The number of aromatic nitrogens is 1. The normalized spacial score (nSPS) is 17.0. The Morgan fingerprint density at radius 3 is 2.66 bits per heavy atom. The average Bonchev–Trinajstić information content (AvgIpc) is 2.70. The molecule has 0 unspecified atom stereocenters. The summed E-state index contributed by atoms with van der Waals surface area (Å²) in [6, 6.07) is 8.49. The number of rotatable bonds is 6. The molecule has 1 aliphatic heterocycles. The van der Waals surface area contributed by atoms with Gasteiger partial charge in [0.1, 0.15) is 17.9 Å². The lowest BCUT2D eigenvalue weighted by Crippen LogP contribution is -2.45. The van der Waals surface area contributed by atoms with Crippen molar-refractivity contribution in [3.05, 3.63) is 64.3 Å². The number of nitrogens with one attached hydrogen (secondary N) is 2. The Hall–Kier alpha value is -3.00. The Morgan fingerprint density at radius 1 is 1.17 bits per heavy atom. The number of likely N-dealkylation sites (N-methyl/N-ethyl adjacent to an activating group) is 1. The number of nitrogens with zero attached hydrogens (tertiary/aromatic N) is 2. The predicted octanol–water partition coefficient (Wildman–Crippen LogP) is 1.84.